The van der Waals surface area contributed by atoms with Crippen LogP contribution in [0.25, 0.3) is 0 Å². The molecule has 0 aliphatic carbocycles. The highest BCUT2D eigenvalue weighted by Gasteiger charge is 2.03. The number of pyridine rings is 1. The molecule has 0 amide bonds. The number of nitrogens with zero attached hydrogens (tertiary/aromatic N) is 1. The van der Waals surface area contributed by atoms with Crippen molar-refractivity contribution < 1.29 is 9.47 Å². The molecule has 1 aromatic carbocycles. The first-order valence-electron chi connectivity index (χ1n) is 5.89. The first kappa shape index (κ1) is 13.0. The SMILES string of the molecule is CNc1cc(Nc2cc(OC)cc(OC)c2)ccn1. The molecule has 0 spiro atoms. The molecule has 0 radical (unpaired) electrons. The second-order valence-corrected chi connectivity index (χ2v) is 3.91. The maximum Gasteiger partial charge on any atom is 0.127 e. The van der Waals surface area contributed by atoms with Crippen LogP contribution < -0.4 is 20.1 Å². The van der Waals surface area contributed by atoms with E-state index in [1.54, 1.807) is 20.4 Å². The zero-order valence-corrected chi connectivity index (χ0v) is 11.2. The molecule has 1 aromatic heterocycles. The molecule has 2 rings (SSSR count). The number of rotatable bonds is 5. The molecule has 0 saturated carbocycles. The quantitative estimate of drug-likeness (QED) is 0.864. The molecule has 5 nitrogen and oxygen atoms in total. The van der Waals surface area contributed by atoms with E-state index in [2.05, 4.69) is 15.6 Å². The van der Waals surface area contributed by atoms with Gasteiger partial charge in [-0.05, 0) is 6.07 Å². The second kappa shape index (κ2) is 5.95. The second-order valence-electron chi connectivity index (χ2n) is 3.91. The van der Waals surface area contributed by atoms with Gasteiger partial charge in [0, 0.05) is 48.9 Å². The average molecular weight is 259 g/mol. The minimum Gasteiger partial charge on any atom is -0.497 e. The highest BCUT2D eigenvalue weighted by molar-refractivity contribution is 5.65. The summed E-state index contributed by atoms with van der Waals surface area (Å²) in [7, 11) is 5.09. The summed E-state index contributed by atoms with van der Waals surface area (Å²) in [6.07, 6.45) is 1.74. The largest absolute Gasteiger partial charge is 0.497 e. The minimum atomic E-state index is 0.741. The molecule has 0 unspecified atom stereocenters. The van der Waals surface area contributed by atoms with E-state index in [9.17, 15) is 0 Å². The van der Waals surface area contributed by atoms with Gasteiger partial charge in [0.25, 0.3) is 0 Å². The van der Waals surface area contributed by atoms with Gasteiger partial charge < -0.3 is 20.1 Å². The van der Waals surface area contributed by atoms with Crippen LogP contribution in [0.15, 0.2) is 36.5 Å². The van der Waals surface area contributed by atoms with E-state index in [1.165, 1.54) is 0 Å². The highest BCUT2D eigenvalue weighted by atomic mass is 16.5. The molecule has 0 saturated heterocycles. The van der Waals surface area contributed by atoms with E-state index in [1.807, 2.05) is 37.4 Å². The van der Waals surface area contributed by atoms with Crippen LogP contribution in [0.5, 0.6) is 11.5 Å². The van der Waals surface area contributed by atoms with Gasteiger partial charge in [0.1, 0.15) is 17.3 Å². The van der Waals surface area contributed by atoms with Crippen LogP contribution in [0.4, 0.5) is 17.2 Å². The Bertz CT molecular complexity index is 536. The van der Waals surface area contributed by atoms with Gasteiger partial charge in [-0.1, -0.05) is 0 Å². The average Bonchev–Trinajstić information content (AvgIpc) is 2.47. The van der Waals surface area contributed by atoms with E-state index in [0.29, 0.717) is 0 Å². The third-order valence-corrected chi connectivity index (χ3v) is 2.66. The van der Waals surface area contributed by atoms with E-state index >= 15 is 0 Å². The lowest BCUT2D eigenvalue weighted by Gasteiger charge is -2.11. The van der Waals surface area contributed by atoms with Crippen molar-refractivity contribution in [1.29, 1.82) is 0 Å². The molecule has 2 aromatic rings. The number of ether oxygens (including phenoxy) is 2. The molecular weight excluding hydrogens is 242 g/mol. The summed E-state index contributed by atoms with van der Waals surface area (Å²) in [6.45, 7) is 0. The molecule has 0 atom stereocenters. The topological polar surface area (TPSA) is 55.4 Å². The van der Waals surface area contributed by atoms with Crippen molar-refractivity contribution in [1.82, 2.24) is 4.98 Å². The third kappa shape index (κ3) is 3.28. The lowest BCUT2D eigenvalue weighted by atomic mass is 10.2. The van der Waals surface area contributed by atoms with Crippen molar-refractivity contribution in [2.45, 2.75) is 0 Å². The predicted molar refractivity (Wildman–Crippen MR) is 76.6 cm³/mol. The first-order valence-corrected chi connectivity index (χ1v) is 5.89. The standard InChI is InChI=1S/C14H17N3O2/c1-15-14-8-10(4-5-16-14)17-11-6-12(18-2)9-13(7-11)19-3/h4-9H,1-3H3,(H2,15,16,17). The van der Waals surface area contributed by atoms with Gasteiger partial charge in [-0.3, -0.25) is 0 Å². The lowest BCUT2D eigenvalue weighted by Crippen LogP contribution is -1.96. The Labute approximate surface area is 112 Å². The molecule has 0 bridgehead atoms. The van der Waals surface area contributed by atoms with E-state index in [-0.39, 0.29) is 0 Å². The van der Waals surface area contributed by atoms with Gasteiger partial charge >= 0.3 is 0 Å². The summed E-state index contributed by atoms with van der Waals surface area (Å²) < 4.78 is 10.5. The van der Waals surface area contributed by atoms with Crippen molar-refractivity contribution in [3.05, 3.63) is 36.5 Å². The Morgan fingerprint density at radius 3 is 2.21 bits per heavy atom. The molecule has 5 heteroatoms. The van der Waals surface area contributed by atoms with Crippen LogP contribution in [-0.4, -0.2) is 26.3 Å². The normalized spacial score (nSPS) is 9.84. The molecule has 0 aliphatic rings. The number of nitrogens with one attached hydrogen (secondary N) is 2. The van der Waals surface area contributed by atoms with Gasteiger partial charge in [0.2, 0.25) is 0 Å². The number of benzene rings is 1. The van der Waals surface area contributed by atoms with Crippen molar-refractivity contribution in [2.24, 2.45) is 0 Å². The molecule has 19 heavy (non-hydrogen) atoms. The summed E-state index contributed by atoms with van der Waals surface area (Å²) in [5.41, 5.74) is 1.83. The van der Waals surface area contributed by atoms with Gasteiger partial charge in [-0.2, -0.15) is 0 Å². The van der Waals surface area contributed by atoms with E-state index < -0.39 is 0 Å². The maximum absolute atomic E-state index is 5.24. The van der Waals surface area contributed by atoms with Gasteiger partial charge in [0.05, 0.1) is 14.2 Å². The maximum atomic E-state index is 5.24. The Morgan fingerprint density at radius 1 is 0.947 bits per heavy atom. The lowest BCUT2D eigenvalue weighted by molar-refractivity contribution is 0.395. The summed E-state index contributed by atoms with van der Waals surface area (Å²) in [5, 5.41) is 6.29. The summed E-state index contributed by atoms with van der Waals surface area (Å²) in [4.78, 5) is 4.17. The number of hydrogen-bond acceptors (Lipinski definition) is 5. The molecule has 1 heterocycles. The third-order valence-electron chi connectivity index (χ3n) is 2.66. The Hall–Kier alpha value is -2.43. The Kier molecular flexibility index (Phi) is 4.07. The van der Waals surface area contributed by atoms with E-state index in [4.69, 9.17) is 9.47 Å². The molecule has 0 fully saturated rings. The number of methoxy groups -OCH3 is 2. The van der Waals surface area contributed by atoms with E-state index in [0.717, 1.165) is 28.7 Å². The summed E-state index contributed by atoms with van der Waals surface area (Å²) in [6, 6.07) is 9.46. The Morgan fingerprint density at radius 2 is 1.63 bits per heavy atom. The van der Waals surface area contributed by atoms with Crippen LogP contribution in [0.2, 0.25) is 0 Å². The highest BCUT2D eigenvalue weighted by Crippen LogP contribution is 2.28. The monoisotopic (exact) mass is 259 g/mol. The number of hydrogen-bond donors (Lipinski definition) is 2. The Balaban J connectivity index is 2.26. The minimum absolute atomic E-state index is 0.741. The summed E-state index contributed by atoms with van der Waals surface area (Å²) >= 11 is 0. The first-order chi connectivity index (χ1) is 9.25. The summed E-state index contributed by atoms with van der Waals surface area (Å²) in [5.74, 6) is 2.29. The van der Waals surface area contributed by atoms with Crippen molar-refractivity contribution in [3.63, 3.8) is 0 Å². The van der Waals surface area contributed by atoms with Crippen LogP contribution in [0.1, 0.15) is 0 Å². The van der Waals surface area contributed by atoms with Crippen molar-refractivity contribution in [3.8, 4) is 11.5 Å². The molecular formula is C14H17N3O2. The van der Waals surface area contributed by atoms with Gasteiger partial charge in [-0.15, -0.1) is 0 Å². The zero-order chi connectivity index (χ0) is 13.7. The molecule has 100 valence electrons. The fraction of sp³-hybridized carbons (Fsp3) is 0.214. The van der Waals surface area contributed by atoms with Crippen LogP contribution in [0, 0.1) is 0 Å². The van der Waals surface area contributed by atoms with Crippen LogP contribution in [0.3, 0.4) is 0 Å². The van der Waals surface area contributed by atoms with Crippen molar-refractivity contribution in [2.75, 3.05) is 31.9 Å². The number of aromatic nitrogens is 1. The smallest absolute Gasteiger partial charge is 0.127 e. The molecule has 2 N–H and O–H groups in total. The number of anilines is 3. The van der Waals surface area contributed by atoms with Crippen molar-refractivity contribution >= 4 is 17.2 Å². The van der Waals surface area contributed by atoms with Crippen LogP contribution in [-0.2, 0) is 0 Å². The molecule has 0 aliphatic heterocycles. The zero-order valence-electron chi connectivity index (χ0n) is 11.2. The fourth-order valence-electron chi connectivity index (χ4n) is 1.69. The van der Waals surface area contributed by atoms with Gasteiger partial charge in [-0.25, -0.2) is 4.98 Å². The fourth-order valence-corrected chi connectivity index (χ4v) is 1.69. The van der Waals surface area contributed by atoms with Crippen LogP contribution >= 0.6 is 0 Å². The predicted octanol–water partition coefficient (Wildman–Crippen LogP) is 2.88. The van der Waals surface area contributed by atoms with Gasteiger partial charge in [0.15, 0.2) is 0 Å².